The molecule has 2 heterocycles. The minimum Gasteiger partial charge on any atom is -0.493 e. The molecule has 1 fully saturated rings. The van der Waals surface area contributed by atoms with E-state index < -0.39 is 0 Å². The molecule has 0 saturated heterocycles. The maximum absolute atomic E-state index is 5.83. The van der Waals surface area contributed by atoms with Crippen molar-refractivity contribution in [3.05, 3.63) is 66.0 Å². The van der Waals surface area contributed by atoms with Crippen molar-refractivity contribution in [2.75, 3.05) is 6.61 Å². The standard InChI is InChI=1S/C27H28N4O/c1-18(2)16-32-21-11-9-19(10-12-21)25-29-26-23-24(28-17-31(26)30-25)22-8-4-3-7-20(22)15-27(23)13-5-6-14-27/h3-4,7-12,17-18H,5-6,13-16H2,1-2H3. The van der Waals surface area contributed by atoms with Gasteiger partial charge in [-0.05, 0) is 55.0 Å². The Kier molecular flexibility index (Phi) is 4.53. The number of fused-ring (bicyclic) bond motifs is 6. The van der Waals surface area contributed by atoms with Crippen LogP contribution >= 0.6 is 0 Å². The van der Waals surface area contributed by atoms with Crippen molar-refractivity contribution in [2.24, 2.45) is 5.92 Å². The molecular formula is C27H28N4O. The van der Waals surface area contributed by atoms with Crippen LogP contribution in [0.25, 0.3) is 28.3 Å². The van der Waals surface area contributed by atoms with Gasteiger partial charge < -0.3 is 4.74 Å². The number of rotatable bonds is 4. The van der Waals surface area contributed by atoms with E-state index in [9.17, 15) is 0 Å². The van der Waals surface area contributed by atoms with E-state index in [0.29, 0.717) is 12.5 Å². The van der Waals surface area contributed by atoms with Gasteiger partial charge in [-0.3, -0.25) is 0 Å². The number of ether oxygens (including phenoxy) is 1. The van der Waals surface area contributed by atoms with Crippen molar-refractivity contribution in [1.29, 1.82) is 0 Å². The Bertz CT molecular complexity index is 1280. The zero-order valence-corrected chi connectivity index (χ0v) is 18.7. The molecule has 5 heteroatoms. The summed E-state index contributed by atoms with van der Waals surface area (Å²) in [4.78, 5) is 9.97. The second-order valence-corrected chi connectivity index (χ2v) is 9.72. The molecule has 1 saturated carbocycles. The van der Waals surface area contributed by atoms with E-state index in [-0.39, 0.29) is 5.41 Å². The first kappa shape index (κ1) is 19.5. The Hall–Kier alpha value is -3.21. The van der Waals surface area contributed by atoms with E-state index in [4.69, 9.17) is 19.8 Å². The van der Waals surface area contributed by atoms with Gasteiger partial charge in [-0.25, -0.2) is 14.5 Å². The molecule has 0 radical (unpaired) electrons. The highest BCUT2D eigenvalue weighted by Gasteiger charge is 2.43. The predicted molar refractivity (Wildman–Crippen MR) is 126 cm³/mol. The summed E-state index contributed by atoms with van der Waals surface area (Å²) in [6, 6.07) is 16.8. The monoisotopic (exact) mass is 424 g/mol. The molecular weight excluding hydrogens is 396 g/mol. The number of hydrogen-bond donors (Lipinski definition) is 0. The van der Waals surface area contributed by atoms with Crippen molar-refractivity contribution in [3.8, 4) is 28.4 Å². The molecule has 2 aliphatic carbocycles. The van der Waals surface area contributed by atoms with E-state index in [1.165, 1.54) is 42.4 Å². The first-order chi connectivity index (χ1) is 15.6. The fourth-order valence-corrected chi connectivity index (χ4v) is 5.47. The summed E-state index contributed by atoms with van der Waals surface area (Å²) in [6.45, 7) is 5.02. The van der Waals surface area contributed by atoms with Gasteiger partial charge in [0.05, 0.1) is 12.3 Å². The Morgan fingerprint density at radius 1 is 1.03 bits per heavy atom. The van der Waals surface area contributed by atoms with Crippen LogP contribution in [0.15, 0.2) is 54.9 Å². The van der Waals surface area contributed by atoms with Gasteiger partial charge in [0.1, 0.15) is 12.1 Å². The molecule has 162 valence electrons. The Balaban J connectivity index is 1.46. The lowest BCUT2D eigenvalue weighted by atomic mass is 9.68. The van der Waals surface area contributed by atoms with Crippen LogP contribution in [0.4, 0.5) is 0 Å². The maximum atomic E-state index is 5.83. The fraction of sp³-hybridized carbons (Fsp3) is 0.370. The molecule has 0 aliphatic heterocycles. The molecule has 2 aromatic carbocycles. The molecule has 2 aliphatic rings. The first-order valence-corrected chi connectivity index (χ1v) is 11.7. The van der Waals surface area contributed by atoms with Crippen LogP contribution in [-0.4, -0.2) is 26.2 Å². The van der Waals surface area contributed by atoms with Crippen molar-refractivity contribution < 1.29 is 4.74 Å². The summed E-state index contributed by atoms with van der Waals surface area (Å²) in [6.07, 6.45) is 7.82. The molecule has 0 amide bonds. The lowest BCUT2D eigenvalue weighted by Gasteiger charge is -2.36. The third-order valence-corrected chi connectivity index (χ3v) is 6.98. The van der Waals surface area contributed by atoms with Gasteiger partial charge in [-0.1, -0.05) is 51.0 Å². The van der Waals surface area contributed by atoms with E-state index in [1.54, 1.807) is 0 Å². The quantitative estimate of drug-likeness (QED) is 0.412. The van der Waals surface area contributed by atoms with Crippen LogP contribution in [0.1, 0.15) is 50.7 Å². The highest BCUT2D eigenvalue weighted by molar-refractivity contribution is 5.78. The highest BCUT2D eigenvalue weighted by Crippen LogP contribution is 2.52. The molecule has 0 atom stereocenters. The summed E-state index contributed by atoms with van der Waals surface area (Å²) < 4.78 is 7.71. The molecule has 0 N–H and O–H groups in total. The summed E-state index contributed by atoms with van der Waals surface area (Å²) in [7, 11) is 0. The number of benzene rings is 2. The minimum absolute atomic E-state index is 0.123. The average molecular weight is 425 g/mol. The summed E-state index contributed by atoms with van der Waals surface area (Å²) in [5.74, 6) is 2.12. The average Bonchev–Trinajstić information content (AvgIpc) is 3.45. The number of aromatic nitrogens is 4. The van der Waals surface area contributed by atoms with E-state index in [0.717, 1.165) is 34.9 Å². The molecule has 0 bridgehead atoms. The molecule has 5 nitrogen and oxygen atoms in total. The van der Waals surface area contributed by atoms with Crippen LogP contribution in [0.3, 0.4) is 0 Å². The molecule has 1 spiro atoms. The smallest absolute Gasteiger partial charge is 0.182 e. The number of nitrogens with zero attached hydrogens (tertiary/aromatic N) is 4. The second-order valence-electron chi connectivity index (χ2n) is 9.72. The van der Waals surface area contributed by atoms with E-state index >= 15 is 0 Å². The third-order valence-electron chi connectivity index (χ3n) is 6.98. The molecule has 6 rings (SSSR count). The highest BCUT2D eigenvalue weighted by atomic mass is 16.5. The minimum atomic E-state index is 0.123. The van der Waals surface area contributed by atoms with Crippen LogP contribution in [0, 0.1) is 5.92 Å². The van der Waals surface area contributed by atoms with E-state index in [2.05, 4.69) is 38.1 Å². The van der Waals surface area contributed by atoms with Gasteiger partial charge >= 0.3 is 0 Å². The van der Waals surface area contributed by atoms with Crippen LogP contribution in [-0.2, 0) is 11.8 Å². The van der Waals surface area contributed by atoms with Gasteiger partial charge in [0.2, 0.25) is 0 Å². The zero-order valence-electron chi connectivity index (χ0n) is 18.7. The van der Waals surface area contributed by atoms with E-state index in [1.807, 2.05) is 35.1 Å². The Morgan fingerprint density at radius 3 is 2.59 bits per heavy atom. The molecule has 4 aromatic rings. The topological polar surface area (TPSA) is 52.3 Å². The van der Waals surface area contributed by atoms with Gasteiger partial charge in [-0.2, -0.15) is 0 Å². The Morgan fingerprint density at radius 2 is 1.81 bits per heavy atom. The maximum Gasteiger partial charge on any atom is 0.182 e. The lowest BCUT2D eigenvalue weighted by molar-refractivity contribution is 0.271. The fourth-order valence-electron chi connectivity index (χ4n) is 5.47. The van der Waals surface area contributed by atoms with Crippen molar-refractivity contribution in [2.45, 2.75) is 51.4 Å². The van der Waals surface area contributed by atoms with Crippen LogP contribution in [0.5, 0.6) is 5.75 Å². The van der Waals surface area contributed by atoms with Crippen LogP contribution in [0.2, 0.25) is 0 Å². The first-order valence-electron chi connectivity index (χ1n) is 11.7. The predicted octanol–water partition coefficient (Wildman–Crippen LogP) is 5.86. The SMILES string of the molecule is CC(C)COc1ccc(-c2nc3c4c(ncn3n2)-c2ccccc2CC42CCCC2)cc1. The van der Waals surface area contributed by atoms with Gasteiger partial charge in [0, 0.05) is 22.1 Å². The van der Waals surface area contributed by atoms with Crippen molar-refractivity contribution in [3.63, 3.8) is 0 Å². The lowest BCUT2D eigenvalue weighted by Crippen LogP contribution is -2.31. The normalized spacial score (nSPS) is 16.5. The third kappa shape index (κ3) is 3.10. The zero-order chi connectivity index (χ0) is 21.7. The largest absolute Gasteiger partial charge is 0.493 e. The molecule has 2 aromatic heterocycles. The van der Waals surface area contributed by atoms with Gasteiger partial charge in [0.15, 0.2) is 11.5 Å². The Labute approximate surface area is 188 Å². The summed E-state index contributed by atoms with van der Waals surface area (Å²) >= 11 is 0. The van der Waals surface area contributed by atoms with Gasteiger partial charge in [-0.15, -0.1) is 5.10 Å². The van der Waals surface area contributed by atoms with Gasteiger partial charge in [0.25, 0.3) is 0 Å². The van der Waals surface area contributed by atoms with Crippen LogP contribution < -0.4 is 4.74 Å². The van der Waals surface area contributed by atoms with Crippen molar-refractivity contribution in [1.82, 2.24) is 19.6 Å². The van der Waals surface area contributed by atoms with Crippen molar-refractivity contribution >= 4 is 5.65 Å². The molecule has 0 unspecified atom stereocenters. The molecule has 32 heavy (non-hydrogen) atoms. The summed E-state index contributed by atoms with van der Waals surface area (Å²) in [5.41, 5.74) is 7.13. The number of hydrogen-bond acceptors (Lipinski definition) is 4. The second kappa shape index (κ2) is 7.44. The summed E-state index contributed by atoms with van der Waals surface area (Å²) in [5, 5.41) is 4.81.